The molecule has 5 aromatic rings. The first-order valence-corrected chi connectivity index (χ1v) is 11.6. The molecule has 0 aliphatic heterocycles. The summed E-state index contributed by atoms with van der Waals surface area (Å²) in [7, 11) is -2.27. The van der Waals surface area contributed by atoms with Crippen LogP contribution >= 0.6 is 0 Å². The van der Waals surface area contributed by atoms with Gasteiger partial charge in [-0.2, -0.15) is 31.4 Å². The van der Waals surface area contributed by atoms with E-state index in [0.29, 0.717) is 23.7 Å². The fourth-order valence-corrected chi connectivity index (χ4v) is 3.58. The molecule has 0 unspecified atom stereocenters. The minimum Gasteiger partial charge on any atom is -0.471 e. The molecule has 17 heteroatoms. The number of hydrogen-bond donors (Lipinski definition) is 2. The molecule has 0 aliphatic rings. The standard InChI is InChI=1S/C18H11F4N5O.C7H5BF4O2/c19-11-4-5-13(14(7-11)18(20,21)22)15-8-24-17-25-12(9-27(17)26-15)10-28-16-3-1-2-6-23-16;9-4-1-2-6(8(13)14)5(3-4)7(10,11)12/h1-9H,10H2;1-3,13-14H. The smallest absolute Gasteiger partial charge is 0.471 e. The van der Waals surface area contributed by atoms with Gasteiger partial charge in [0.05, 0.1) is 23.5 Å². The highest BCUT2D eigenvalue weighted by Crippen LogP contribution is 2.36. The van der Waals surface area contributed by atoms with Gasteiger partial charge in [0.1, 0.15) is 29.6 Å². The summed E-state index contributed by atoms with van der Waals surface area (Å²) in [6.07, 6.45) is -5.30. The van der Waals surface area contributed by atoms with Crippen LogP contribution in [0.4, 0.5) is 35.1 Å². The molecule has 3 heterocycles. The number of pyridine rings is 1. The Bertz CT molecular complexity index is 1680. The number of nitrogens with zero attached hydrogens (tertiary/aromatic N) is 5. The van der Waals surface area contributed by atoms with Crippen LogP contribution in [0.5, 0.6) is 5.88 Å². The summed E-state index contributed by atoms with van der Waals surface area (Å²) < 4.78 is 109. The Hall–Kier alpha value is -4.64. The summed E-state index contributed by atoms with van der Waals surface area (Å²) in [5.41, 5.74) is -3.14. The molecule has 0 saturated heterocycles. The van der Waals surface area contributed by atoms with E-state index in [1.807, 2.05) is 0 Å². The molecule has 218 valence electrons. The number of fused-ring (bicyclic) bond motifs is 1. The molecule has 8 nitrogen and oxygen atoms in total. The second-order valence-corrected chi connectivity index (χ2v) is 8.37. The van der Waals surface area contributed by atoms with Gasteiger partial charge in [-0.3, -0.25) is 0 Å². The number of aromatic nitrogens is 5. The van der Waals surface area contributed by atoms with Gasteiger partial charge in [-0.1, -0.05) is 12.1 Å². The third kappa shape index (κ3) is 7.35. The van der Waals surface area contributed by atoms with E-state index in [1.54, 1.807) is 24.4 Å². The first-order chi connectivity index (χ1) is 19.7. The average Bonchev–Trinajstić information content (AvgIpc) is 3.34. The van der Waals surface area contributed by atoms with E-state index in [0.717, 1.165) is 24.4 Å². The van der Waals surface area contributed by atoms with Crippen LogP contribution in [0.25, 0.3) is 17.0 Å². The number of halogens is 8. The molecule has 0 spiro atoms. The van der Waals surface area contributed by atoms with Crippen molar-refractivity contribution in [3.8, 4) is 17.1 Å². The Morgan fingerprint density at radius 2 is 1.50 bits per heavy atom. The monoisotopic (exact) mass is 597 g/mol. The van der Waals surface area contributed by atoms with Crippen molar-refractivity contribution in [3.05, 3.63) is 102 Å². The van der Waals surface area contributed by atoms with Crippen LogP contribution in [0.15, 0.2) is 73.2 Å². The van der Waals surface area contributed by atoms with Crippen LogP contribution in [-0.4, -0.2) is 41.7 Å². The third-order valence-electron chi connectivity index (χ3n) is 5.41. The molecule has 0 aliphatic carbocycles. The average molecular weight is 597 g/mol. The Labute approximate surface area is 231 Å². The lowest BCUT2D eigenvalue weighted by Gasteiger charge is -2.12. The molecule has 0 radical (unpaired) electrons. The maximum Gasteiger partial charge on any atom is 0.489 e. The van der Waals surface area contributed by atoms with Crippen molar-refractivity contribution in [3.63, 3.8) is 0 Å². The Morgan fingerprint density at radius 3 is 2.12 bits per heavy atom. The van der Waals surface area contributed by atoms with Crippen molar-refractivity contribution in [1.82, 2.24) is 24.6 Å². The lowest BCUT2D eigenvalue weighted by molar-refractivity contribution is -0.138. The zero-order chi connectivity index (χ0) is 30.7. The number of alkyl halides is 6. The first kappa shape index (κ1) is 30.3. The van der Waals surface area contributed by atoms with E-state index in [9.17, 15) is 35.1 Å². The summed E-state index contributed by atoms with van der Waals surface area (Å²) in [5, 5.41) is 21.3. The van der Waals surface area contributed by atoms with Crippen LogP contribution in [0.2, 0.25) is 0 Å². The van der Waals surface area contributed by atoms with E-state index in [-0.39, 0.29) is 29.7 Å². The van der Waals surface area contributed by atoms with E-state index in [2.05, 4.69) is 20.1 Å². The maximum atomic E-state index is 13.3. The Kier molecular flexibility index (Phi) is 8.72. The molecule has 3 aromatic heterocycles. The number of hydrogen-bond acceptors (Lipinski definition) is 7. The van der Waals surface area contributed by atoms with E-state index >= 15 is 0 Å². The number of imidazole rings is 1. The van der Waals surface area contributed by atoms with Crippen molar-refractivity contribution in [2.45, 2.75) is 19.0 Å². The van der Waals surface area contributed by atoms with Gasteiger partial charge in [-0.25, -0.2) is 28.2 Å². The summed E-state index contributed by atoms with van der Waals surface area (Å²) >= 11 is 0. The van der Waals surface area contributed by atoms with E-state index in [4.69, 9.17) is 14.8 Å². The van der Waals surface area contributed by atoms with Crippen molar-refractivity contribution >= 4 is 18.4 Å². The van der Waals surface area contributed by atoms with E-state index < -0.39 is 47.7 Å². The van der Waals surface area contributed by atoms with Crippen molar-refractivity contribution < 1.29 is 49.9 Å². The van der Waals surface area contributed by atoms with Gasteiger partial charge in [0, 0.05) is 17.8 Å². The van der Waals surface area contributed by atoms with Crippen molar-refractivity contribution in [1.29, 1.82) is 0 Å². The molecule has 5 rings (SSSR count). The fraction of sp³-hybridized carbons (Fsp3) is 0.120. The predicted molar refractivity (Wildman–Crippen MR) is 131 cm³/mol. The largest absolute Gasteiger partial charge is 0.489 e. The minimum absolute atomic E-state index is 0.0607. The van der Waals surface area contributed by atoms with Crippen LogP contribution < -0.4 is 10.2 Å². The number of benzene rings is 2. The maximum absolute atomic E-state index is 13.3. The molecule has 0 fully saturated rings. The normalized spacial score (nSPS) is 11.7. The van der Waals surface area contributed by atoms with Gasteiger partial charge in [-0.05, 0) is 41.9 Å². The third-order valence-corrected chi connectivity index (χ3v) is 5.41. The zero-order valence-corrected chi connectivity index (χ0v) is 20.8. The summed E-state index contributed by atoms with van der Waals surface area (Å²) in [6, 6.07) is 9.22. The zero-order valence-electron chi connectivity index (χ0n) is 20.8. The molecule has 0 atom stereocenters. The SMILES string of the molecule is Fc1ccc(-c2cnc3nc(COc4ccccn4)cn3n2)c(C(F)(F)F)c1.OB(O)c1ccc(F)cc1C(F)(F)F. The number of rotatable bonds is 5. The van der Waals surface area contributed by atoms with E-state index in [1.165, 1.54) is 10.7 Å². The summed E-state index contributed by atoms with van der Waals surface area (Å²) in [4.78, 5) is 12.3. The molecular weight excluding hydrogens is 581 g/mol. The van der Waals surface area contributed by atoms with Crippen LogP contribution in [0, 0.1) is 11.6 Å². The Balaban J connectivity index is 0.000000244. The van der Waals surface area contributed by atoms with Crippen LogP contribution in [0.1, 0.15) is 16.8 Å². The second-order valence-electron chi connectivity index (χ2n) is 8.37. The predicted octanol–water partition coefficient (Wildman–Crippen LogP) is 4.45. The van der Waals surface area contributed by atoms with Gasteiger partial charge in [0.15, 0.2) is 0 Å². The fourth-order valence-electron chi connectivity index (χ4n) is 3.58. The quantitative estimate of drug-likeness (QED) is 0.228. The van der Waals surface area contributed by atoms with Gasteiger partial charge in [0.2, 0.25) is 5.88 Å². The molecular formula is C25H16BF8N5O3. The highest BCUT2D eigenvalue weighted by Gasteiger charge is 2.37. The van der Waals surface area contributed by atoms with Crippen LogP contribution in [-0.2, 0) is 19.0 Å². The topological polar surface area (TPSA) is 106 Å². The first-order valence-electron chi connectivity index (χ1n) is 11.6. The van der Waals surface area contributed by atoms with Crippen molar-refractivity contribution in [2.24, 2.45) is 0 Å². The van der Waals surface area contributed by atoms with Gasteiger partial charge >= 0.3 is 19.5 Å². The summed E-state index contributed by atoms with van der Waals surface area (Å²) in [6.45, 7) is 0.0851. The van der Waals surface area contributed by atoms with Gasteiger partial charge in [0.25, 0.3) is 5.78 Å². The lowest BCUT2D eigenvalue weighted by Crippen LogP contribution is -2.36. The second kappa shape index (κ2) is 12.1. The van der Waals surface area contributed by atoms with Crippen molar-refractivity contribution in [2.75, 3.05) is 0 Å². The number of ether oxygens (including phenoxy) is 1. The molecule has 2 N–H and O–H groups in total. The molecule has 0 amide bonds. The van der Waals surface area contributed by atoms with Gasteiger partial charge in [-0.15, -0.1) is 0 Å². The molecule has 0 saturated carbocycles. The van der Waals surface area contributed by atoms with Crippen LogP contribution in [0.3, 0.4) is 0 Å². The Morgan fingerprint density at radius 1 is 0.833 bits per heavy atom. The van der Waals surface area contributed by atoms with Gasteiger partial charge < -0.3 is 14.8 Å². The highest BCUT2D eigenvalue weighted by molar-refractivity contribution is 6.59. The molecule has 42 heavy (non-hydrogen) atoms. The highest BCUT2D eigenvalue weighted by atomic mass is 19.4. The minimum atomic E-state index is -4.80. The molecule has 0 bridgehead atoms. The molecule has 2 aromatic carbocycles. The lowest BCUT2D eigenvalue weighted by atomic mass is 9.77. The summed E-state index contributed by atoms with van der Waals surface area (Å²) in [5.74, 6) is -1.47.